The quantitative estimate of drug-likeness (QED) is 0.835. The van der Waals surface area contributed by atoms with E-state index in [0.717, 1.165) is 29.9 Å². The molecule has 0 atom stereocenters. The third kappa shape index (κ3) is 4.37. The summed E-state index contributed by atoms with van der Waals surface area (Å²) in [6.07, 6.45) is 0.943. The molecule has 0 saturated carbocycles. The second kappa shape index (κ2) is 7.33. The van der Waals surface area contributed by atoms with Gasteiger partial charge in [0.1, 0.15) is 0 Å². The van der Waals surface area contributed by atoms with E-state index in [9.17, 15) is 4.79 Å². The zero-order valence-electron chi connectivity index (χ0n) is 12.7. The second-order valence-corrected chi connectivity index (χ2v) is 6.03. The lowest BCUT2D eigenvalue weighted by atomic mass is 10.1. The molecule has 2 rings (SSSR count). The minimum atomic E-state index is -0.0457. The van der Waals surface area contributed by atoms with Crippen LogP contribution in [0.2, 0.25) is 0 Å². The number of amides is 1. The van der Waals surface area contributed by atoms with Crippen molar-refractivity contribution in [3.05, 3.63) is 40.2 Å². The van der Waals surface area contributed by atoms with Gasteiger partial charge in [0.25, 0.3) is 5.91 Å². The number of hydrogen-bond acceptors (Lipinski definition) is 4. The van der Waals surface area contributed by atoms with Crippen LogP contribution in [0.1, 0.15) is 22.5 Å². The predicted molar refractivity (Wildman–Crippen MR) is 87.8 cm³/mol. The first kappa shape index (κ1) is 15.7. The molecule has 112 valence electrons. The lowest BCUT2D eigenvalue weighted by Gasteiger charge is -2.11. The Kier molecular flexibility index (Phi) is 5.47. The van der Waals surface area contributed by atoms with Crippen molar-refractivity contribution in [3.8, 4) is 11.3 Å². The van der Waals surface area contributed by atoms with E-state index in [1.165, 1.54) is 0 Å². The maximum absolute atomic E-state index is 12.1. The number of hydrogen-bond donors (Lipinski definition) is 1. The van der Waals surface area contributed by atoms with Crippen LogP contribution >= 0.6 is 11.3 Å². The van der Waals surface area contributed by atoms with Gasteiger partial charge in [0.2, 0.25) is 0 Å². The van der Waals surface area contributed by atoms with E-state index in [-0.39, 0.29) is 5.91 Å². The number of pyridine rings is 1. The van der Waals surface area contributed by atoms with Gasteiger partial charge in [0.05, 0.1) is 17.0 Å². The molecule has 5 heteroatoms. The standard InChI is InChI=1S/C16H21N3OS/c1-12-14(16(20)17-8-4-9-19(2)3)5-6-15(18-12)13-7-10-21-11-13/h5-7,10-11H,4,8-9H2,1-3H3,(H,17,20). The Morgan fingerprint density at radius 1 is 1.33 bits per heavy atom. The highest BCUT2D eigenvalue weighted by Crippen LogP contribution is 2.21. The van der Waals surface area contributed by atoms with E-state index in [0.29, 0.717) is 12.1 Å². The fourth-order valence-corrected chi connectivity index (χ4v) is 2.71. The number of aromatic nitrogens is 1. The molecular formula is C16H21N3OS. The van der Waals surface area contributed by atoms with Crippen molar-refractivity contribution in [2.24, 2.45) is 0 Å². The molecular weight excluding hydrogens is 282 g/mol. The summed E-state index contributed by atoms with van der Waals surface area (Å²) < 4.78 is 0. The number of rotatable bonds is 6. The highest BCUT2D eigenvalue weighted by atomic mass is 32.1. The van der Waals surface area contributed by atoms with Gasteiger partial charge in [-0.3, -0.25) is 9.78 Å². The Bertz CT molecular complexity index is 594. The Morgan fingerprint density at radius 2 is 2.14 bits per heavy atom. The van der Waals surface area contributed by atoms with Crippen LogP contribution in [0.3, 0.4) is 0 Å². The molecule has 0 aliphatic heterocycles. The van der Waals surface area contributed by atoms with Crippen LogP contribution in [0.5, 0.6) is 0 Å². The summed E-state index contributed by atoms with van der Waals surface area (Å²) in [5.41, 5.74) is 3.43. The fraction of sp³-hybridized carbons (Fsp3) is 0.375. The summed E-state index contributed by atoms with van der Waals surface area (Å²) >= 11 is 1.64. The van der Waals surface area contributed by atoms with Crippen molar-refractivity contribution in [1.82, 2.24) is 15.2 Å². The van der Waals surface area contributed by atoms with Gasteiger partial charge in [-0.25, -0.2) is 0 Å². The van der Waals surface area contributed by atoms with Crippen LogP contribution in [0.4, 0.5) is 0 Å². The zero-order valence-corrected chi connectivity index (χ0v) is 13.5. The minimum absolute atomic E-state index is 0.0457. The van der Waals surface area contributed by atoms with Gasteiger partial charge >= 0.3 is 0 Å². The lowest BCUT2D eigenvalue weighted by molar-refractivity contribution is 0.0951. The highest BCUT2D eigenvalue weighted by Gasteiger charge is 2.11. The maximum Gasteiger partial charge on any atom is 0.253 e. The SMILES string of the molecule is Cc1nc(-c2ccsc2)ccc1C(=O)NCCCN(C)C. The molecule has 2 heterocycles. The van der Waals surface area contributed by atoms with Crippen LogP contribution < -0.4 is 5.32 Å². The molecule has 2 aromatic heterocycles. The van der Waals surface area contributed by atoms with Crippen LogP contribution in [-0.4, -0.2) is 43.0 Å². The molecule has 1 amide bonds. The lowest BCUT2D eigenvalue weighted by Crippen LogP contribution is -2.27. The molecule has 21 heavy (non-hydrogen) atoms. The maximum atomic E-state index is 12.1. The molecule has 0 bridgehead atoms. The normalized spacial score (nSPS) is 10.9. The van der Waals surface area contributed by atoms with E-state index in [4.69, 9.17) is 0 Å². The topological polar surface area (TPSA) is 45.2 Å². The van der Waals surface area contributed by atoms with Crippen molar-refractivity contribution in [1.29, 1.82) is 0 Å². The van der Waals surface area contributed by atoms with Crippen molar-refractivity contribution in [3.63, 3.8) is 0 Å². The largest absolute Gasteiger partial charge is 0.352 e. The number of nitrogens with zero attached hydrogens (tertiary/aromatic N) is 2. The van der Waals surface area contributed by atoms with Gasteiger partial charge < -0.3 is 10.2 Å². The summed E-state index contributed by atoms with van der Waals surface area (Å²) in [7, 11) is 4.05. The first-order valence-corrected chi connectivity index (χ1v) is 7.95. The number of carbonyl (C=O) groups excluding carboxylic acids is 1. The molecule has 0 spiro atoms. The van der Waals surface area contributed by atoms with E-state index < -0.39 is 0 Å². The molecule has 0 saturated heterocycles. The summed E-state index contributed by atoms with van der Waals surface area (Å²) in [4.78, 5) is 18.8. The minimum Gasteiger partial charge on any atom is -0.352 e. The van der Waals surface area contributed by atoms with E-state index in [1.54, 1.807) is 11.3 Å². The van der Waals surface area contributed by atoms with E-state index in [1.807, 2.05) is 44.6 Å². The first-order chi connectivity index (χ1) is 10.1. The summed E-state index contributed by atoms with van der Waals surface area (Å²) in [6, 6.07) is 5.80. The van der Waals surface area contributed by atoms with Crippen molar-refractivity contribution < 1.29 is 4.79 Å². The molecule has 2 aromatic rings. The Hall–Kier alpha value is -1.72. The average molecular weight is 303 g/mol. The zero-order chi connectivity index (χ0) is 15.2. The number of nitrogens with one attached hydrogen (secondary N) is 1. The Labute approximate surface area is 129 Å². The Morgan fingerprint density at radius 3 is 2.76 bits per heavy atom. The smallest absolute Gasteiger partial charge is 0.253 e. The van der Waals surface area contributed by atoms with Crippen molar-refractivity contribution in [2.45, 2.75) is 13.3 Å². The fourth-order valence-electron chi connectivity index (χ4n) is 2.06. The number of aryl methyl sites for hydroxylation is 1. The monoisotopic (exact) mass is 303 g/mol. The van der Waals surface area contributed by atoms with Crippen molar-refractivity contribution in [2.75, 3.05) is 27.2 Å². The molecule has 4 nitrogen and oxygen atoms in total. The number of thiophene rings is 1. The van der Waals surface area contributed by atoms with Crippen LogP contribution in [-0.2, 0) is 0 Å². The van der Waals surface area contributed by atoms with Gasteiger partial charge in [0, 0.05) is 17.5 Å². The van der Waals surface area contributed by atoms with Gasteiger partial charge in [-0.05, 0) is 57.6 Å². The third-order valence-electron chi connectivity index (χ3n) is 3.22. The second-order valence-electron chi connectivity index (χ2n) is 5.25. The average Bonchev–Trinajstić information content (AvgIpc) is 2.97. The summed E-state index contributed by atoms with van der Waals surface area (Å²) in [5, 5.41) is 7.03. The molecule has 1 N–H and O–H groups in total. The van der Waals surface area contributed by atoms with E-state index >= 15 is 0 Å². The van der Waals surface area contributed by atoms with Gasteiger partial charge in [-0.2, -0.15) is 11.3 Å². The van der Waals surface area contributed by atoms with Gasteiger partial charge in [-0.1, -0.05) is 0 Å². The molecule has 0 radical (unpaired) electrons. The van der Waals surface area contributed by atoms with Gasteiger partial charge in [0.15, 0.2) is 0 Å². The van der Waals surface area contributed by atoms with Crippen LogP contribution in [0.15, 0.2) is 29.0 Å². The van der Waals surface area contributed by atoms with Gasteiger partial charge in [-0.15, -0.1) is 0 Å². The third-order valence-corrected chi connectivity index (χ3v) is 3.90. The molecule has 0 aromatic carbocycles. The molecule has 0 aliphatic carbocycles. The Balaban J connectivity index is 1.98. The van der Waals surface area contributed by atoms with Crippen LogP contribution in [0, 0.1) is 6.92 Å². The highest BCUT2D eigenvalue weighted by molar-refractivity contribution is 7.08. The number of carbonyl (C=O) groups is 1. The van der Waals surface area contributed by atoms with Crippen LogP contribution in [0.25, 0.3) is 11.3 Å². The summed E-state index contributed by atoms with van der Waals surface area (Å²) in [6.45, 7) is 3.53. The summed E-state index contributed by atoms with van der Waals surface area (Å²) in [5.74, 6) is -0.0457. The molecule has 0 fully saturated rings. The van der Waals surface area contributed by atoms with E-state index in [2.05, 4.69) is 20.6 Å². The molecule has 0 unspecified atom stereocenters. The predicted octanol–water partition coefficient (Wildman–Crippen LogP) is 2.80. The first-order valence-electron chi connectivity index (χ1n) is 7.01. The van der Waals surface area contributed by atoms with Crippen molar-refractivity contribution >= 4 is 17.2 Å². The molecule has 0 aliphatic rings.